The molecule has 0 aliphatic heterocycles. The van der Waals surface area contributed by atoms with Crippen LogP contribution in [0.15, 0.2) is 53.5 Å². The van der Waals surface area contributed by atoms with Crippen molar-refractivity contribution >= 4 is 35.6 Å². The van der Waals surface area contributed by atoms with Gasteiger partial charge in [-0.3, -0.25) is 4.90 Å². The maximum absolute atomic E-state index is 6.12. The summed E-state index contributed by atoms with van der Waals surface area (Å²) in [6.45, 7) is 1.51. The first-order chi connectivity index (χ1) is 13.7. The van der Waals surface area contributed by atoms with Gasteiger partial charge in [0, 0.05) is 12.6 Å². The summed E-state index contributed by atoms with van der Waals surface area (Å²) >= 11 is 0. The molecule has 1 fully saturated rings. The molecule has 0 saturated heterocycles. The van der Waals surface area contributed by atoms with Crippen molar-refractivity contribution in [3.8, 4) is 5.75 Å². The number of methoxy groups -OCH3 is 1. The first-order valence-corrected chi connectivity index (χ1v) is 10.1. The molecule has 0 heterocycles. The number of hydrogen-bond acceptors (Lipinski definition) is 3. The molecular weight excluding hydrogens is 475 g/mol. The molecule has 1 aliphatic carbocycles. The largest absolute Gasteiger partial charge is 0.495 e. The minimum atomic E-state index is 0. The summed E-state index contributed by atoms with van der Waals surface area (Å²) in [6, 6.07) is 16.9. The van der Waals surface area contributed by atoms with Gasteiger partial charge in [-0.25, -0.2) is 4.99 Å². The number of hydrogen-bond donors (Lipinski definition) is 2. The predicted octanol–water partition coefficient (Wildman–Crippen LogP) is 5.00. The van der Waals surface area contributed by atoms with Crippen molar-refractivity contribution in [1.29, 1.82) is 0 Å². The Morgan fingerprint density at radius 3 is 2.45 bits per heavy atom. The fourth-order valence-corrected chi connectivity index (χ4v) is 3.88. The molecule has 5 nitrogen and oxygen atoms in total. The second-order valence-electron chi connectivity index (χ2n) is 7.50. The third kappa shape index (κ3) is 6.89. The molecule has 2 aromatic carbocycles. The second kappa shape index (κ2) is 12.0. The number of rotatable bonds is 7. The van der Waals surface area contributed by atoms with Gasteiger partial charge in [0.2, 0.25) is 0 Å². The van der Waals surface area contributed by atoms with E-state index in [1.54, 1.807) is 7.11 Å². The molecule has 1 saturated carbocycles. The topological polar surface area (TPSA) is 62.9 Å². The van der Waals surface area contributed by atoms with Crippen LogP contribution in [0.3, 0.4) is 0 Å². The zero-order valence-electron chi connectivity index (χ0n) is 17.4. The van der Waals surface area contributed by atoms with Gasteiger partial charge in [-0.2, -0.15) is 0 Å². The van der Waals surface area contributed by atoms with Crippen molar-refractivity contribution in [2.75, 3.05) is 19.5 Å². The SMILES string of the molecule is COc1ccccc1NC(N)=NCc1ccccc1CN(C)C1CCCCC1.I. The average molecular weight is 508 g/mol. The molecule has 0 amide bonds. The van der Waals surface area contributed by atoms with Gasteiger partial charge < -0.3 is 15.8 Å². The maximum atomic E-state index is 6.12. The monoisotopic (exact) mass is 508 g/mol. The van der Waals surface area contributed by atoms with E-state index in [4.69, 9.17) is 10.5 Å². The lowest BCUT2D eigenvalue weighted by atomic mass is 9.94. The molecule has 1 aliphatic rings. The van der Waals surface area contributed by atoms with Crippen molar-refractivity contribution in [3.05, 3.63) is 59.7 Å². The molecule has 29 heavy (non-hydrogen) atoms. The number of benzene rings is 2. The van der Waals surface area contributed by atoms with E-state index in [-0.39, 0.29) is 24.0 Å². The van der Waals surface area contributed by atoms with Crippen LogP contribution < -0.4 is 15.8 Å². The van der Waals surface area contributed by atoms with Gasteiger partial charge in [-0.15, -0.1) is 24.0 Å². The Hall–Kier alpha value is -1.80. The van der Waals surface area contributed by atoms with Crippen LogP contribution in [-0.4, -0.2) is 31.1 Å². The minimum absolute atomic E-state index is 0. The minimum Gasteiger partial charge on any atom is -0.495 e. The van der Waals surface area contributed by atoms with Gasteiger partial charge in [0.25, 0.3) is 0 Å². The van der Waals surface area contributed by atoms with Crippen LogP contribution in [0.5, 0.6) is 5.75 Å². The fourth-order valence-electron chi connectivity index (χ4n) is 3.88. The highest BCUT2D eigenvalue weighted by molar-refractivity contribution is 14.0. The molecule has 0 unspecified atom stereocenters. The van der Waals surface area contributed by atoms with Crippen molar-refractivity contribution in [3.63, 3.8) is 0 Å². The molecule has 6 heteroatoms. The van der Waals surface area contributed by atoms with E-state index in [9.17, 15) is 0 Å². The Balaban J connectivity index is 0.00000300. The van der Waals surface area contributed by atoms with Crippen molar-refractivity contribution < 1.29 is 4.74 Å². The number of nitrogens with two attached hydrogens (primary N) is 1. The summed E-state index contributed by atoms with van der Waals surface area (Å²) < 4.78 is 5.35. The molecule has 3 rings (SSSR count). The molecule has 0 aromatic heterocycles. The first-order valence-electron chi connectivity index (χ1n) is 10.1. The molecule has 2 aromatic rings. The average Bonchev–Trinajstić information content (AvgIpc) is 2.74. The quantitative estimate of drug-likeness (QED) is 0.314. The summed E-state index contributed by atoms with van der Waals surface area (Å²) in [5.41, 5.74) is 9.48. The van der Waals surface area contributed by atoms with Crippen LogP contribution >= 0.6 is 24.0 Å². The summed E-state index contributed by atoms with van der Waals surface area (Å²) in [6.07, 6.45) is 6.71. The van der Waals surface area contributed by atoms with Gasteiger partial charge in [-0.1, -0.05) is 55.7 Å². The second-order valence-corrected chi connectivity index (χ2v) is 7.50. The maximum Gasteiger partial charge on any atom is 0.193 e. The Morgan fingerprint density at radius 2 is 1.72 bits per heavy atom. The standard InChI is InChI=1S/C23H32N4O.HI/c1-27(20-12-4-3-5-13-20)17-19-11-7-6-10-18(19)16-25-23(24)26-21-14-8-9-15-22(21)28-2;/h6-11,14-15,20H,3-5,12-13,16-17H2,1-2H3,(H3,24,25,26);1H. The predicted molar refractivity (Wildman–Crippen MR) is 132 cm³/mol. The fraction of sp³-hybridized carbons (Fsp3) is 0.435. The highest BCUT2D eigenvalue weighted by Crippen LogP contribution is 2.24. The number of halogens is 1. The number of guanidine groups is 1. The highest BCUT2D eigenvalue weighted by atomic mass is 127. The highest BCUT2D eigenvalue weighted by Gasteiger charge is 2.18. The van der Waals surface area contributed by atoms with E-state index in [0.717, 1.165) is 18.0 Å². The number of anilines is 1. The lowest BCUT2D eigenvalue weighted by Gasteiger charge is -2.31. The van der Waals surface area contributed by atoms with Gasteiger partial charge in [-0.05, 0) is 43.1 Å². The van der Waals surface area contributed by atoms with Crippen LogP contribution in [0.2, 0.25) is 0 Å². The third-order valence-corrected chi connectivity index (χ3v) is 5.53. The normalized spacial score (nSPS) is 15.1. The zero-order chi connectivity index (χ0) is 19.8. The smallest absolute Gasteiger partial charge is 0.193 e. The lowest BCUT2D eigenvalue weighted by Crippen LogP contribution is -2.33. The van der Waals surface area contributed by atoms with E-state index in [0.29, 0.717) is 18.5 Å². The molecule has 0 radical (unpaired) electrons. The molecular formula is C23H33IN4O. The van der Waals surface area contributed by atoms with E-state index in [1.807, 2.05) is 24.3 Å². The molecule has 0 bridgehead atoms. The molecule has 158 valence electrons. The summed E-state index contributed by atoms with van der Waals surface area (Å²) in [7, 11) is 3.89. The summed E-state index contributed by atoms with van der Waals surface area (Å²) in [4.78, 5) is 7.05. The number of nitrogens with one attached hydrogen (secondary N) is 1. The Bertz CT molecular complexity index is 790. The van der Waals surface area contributed by atoms with E-state index in [1.165, 1.54) is 43.2 Å². The summed E-state index contributed by atoms with van der Waals surface area (Å²) in [5, 5.41) is 3.14. The van der Waals surface area contributed by atoms with Crippen molar-refractivity contribution in [2.45, 2.75) is 51.2 Å². The third-order valence-electron chi connectivity index (χ3n) is 5.53. The van der Waals surface area contributed by atoms with Crippen LogP contribution in [0, 0.1) is 0 Å². The van der Waals surface area contributed by atoms with Gasteiger partial charge >= 0.3 is 0 Å². The van der Waals surface area contributed by atoms with Crippen LogP contribution in [0.25, 0.3) is 0 Å². The number of para-hydroxylation sites is 2. The first kappa shape index (κ1) is 23.5. The van der Waals surface area contributed by atoms with Crippen LogP contribution in [0.1, 0.15) is 43.2 Å². The Kier molecular flexibility index (Phi) is 9.73. The molecule has 3 N–H and O–H groups in total. The Morgan fingerprint density at radius 1 is 1.07 bits per heavy atom. The molecule has 0 atom stereocenters. The van der Waals surface area contributed by atoms with Gasteiger partial charge in [0.15, 0.2) is 5.96 Å². The van der Waals surface area contributed by atoms with Crippen LogP contribution in [0.4, 0.5) is 5.69 Å². The number of nitrogens with zero attached hydrogens (tertiary/aromatic N) is 2. The van der Waals surface area contributed by atoms with E-state index in [2.05, 4.69) is 46.5 Å². The van der Waals surface area contributed by atoms with Crippen LogP contribution in [-0.2, 0) is 13.1 Å². The van der Waals surface area contributed by atoms with E-state index < -0.39 is 0 Å². The van der Waals surface area contributed by atoms with E-state index >= 15 is 0 Å². The summed E-state index contributed by atoms with van der Waals surface area (Å²) in [5.74, 6) is 1.13. The van der Waals surface area contributed by atoms with Gasteiger partial charge in [0.1, 0.15) is 5.75 Å². The lowest BCUT2D eigenvalue weighted by molar-refractivity contribution is 0.184. The zero-order valence-corrected chi connectivity index (χ0v) is 19.8. The Labute approximate surface area is 191 Å². The van der Waals surface area contributed by atoms with Crippen molar-refractivity contribution in [2.24, 2.45) is 10.7 Å². The number of ether oxygens (including phenoxy) is 1. The van der Waals surface area contributed by atoms with Crippen molar-refractivity contribution in [1.82, 2.24) is 4.90 Å². The van der Waals surface area contributed by atoms with Gasteiger partial charge in [0.05, 0.1) is 19.3 Å². The number of aliphatic imine (C=N–C) groups is 1. The molecule has 0 spiro atoms.